The Bertz CT molecular complexity index is 386. The van der Waals surface area contributed by atoms with E-state index in [-0.39, 0.29) is 11.9 Å². The van der Waals surface area contributed by atoms with Crippen molar-refractivity contribution in [1.29, 1.82) is 0 Å². The van der Waals surface area contributed by atoms with Gasteiger partial charge >= 0.3 is 0 Å². The Hall–Kier alpha value is -0.930. The van der Waals surface area contributed by atoms with E-state index in [2.05, 4.69) is 17.1 Å². The number of likely N-dealkylation sites (tertiary alicyclic amines) is 1. The molecule has 1 aliphatic heterocycles. The fourth-order valence-corrected chi connectivity index (χ4v) is 3.03. The van der Waals surface area contributed by atoms with Crippen LogP contribution in [0.4, 0.5) is 4.39 Å². The highest BCUT2D eigenvalue weighted by Gasteiger charge is 2.18. The third kappa shape index (κ3) is 4.57. The highest BCUT2D eigenvalue weighted by atomic mass is 19.1. The molecule has 0 radical (unpaired) electrons. The molecule has 1 saturated heterocycles. The molecule has 0 bridgehead atoms. The van der Waals surface area contributed by atoms with Crippen molar-refractivity contribution in [2.45, 2.75) is 45.1 Å². The van der Waals surface area contributed by atoms with E-state index in [1.54, 1.807) is 12.1 Å². The van der Waals surface area contributed by atoms with Gasteiger partial charge in [-0.15, -0.1) is 0 Å². The van der Waals surface area contributed by atoms with Gasteiger partial charge in [0, 0.05) is 18.2 Å². The van der Waals surface area contributed by atoms with Gasteiger partial charge in [0.1, 0.15) is 5.82 Å². The standard InChI is InChI=1S/C17H27FN2/c1-2-19-17(15-10-6-7-11-16(15)18)14-20-12-8-4-3-5-9-13-20/h6-7,10-11,17,19H,2-5,8-9,12-14H2,1H3. The summed E-state index contributed by atoms with van der Waals surface area (Å²) in [5, 5.41) is 3.44. The Balaban J connectivity index is 2.02. The molecule has 1 aromatic rings. The van der Waals surface area contributed by atoms with Gasteiger partial charge < -0.3 is 10.2 Å². The summed E-state index contributed by atoms with van der Waals surface area (Å²) >= 11 is 0. The van der Waals surface area contributed by atoms with Crippen LogP contribution in [0.15, 0.2) is 24.3 Å². The number of hydrogen-bond acceptors (Lipinski definition) is 2. The van der Waals surface area contributed by atoms with E-state index in [1.165, 1.54) is 32.1 Å². The van der Waals surface area contributed by atoms with Crippen molar-refractivity contribution in [2.24, 2.45) is 0 Å². The van der Waals surface area contributed by atoms with Crippen LogP contribution in [0.1, 0.15) is 50.6 Å². The smallest absolute Gasteiger partial charge is 0.128 e. The van der Waals surface area contributed by atoms with Crippen molar-refractivity contribution >= 4 is 0 Å². The molecule has 112 valence electrons. The molecule has 0 aliphatic carbocycles. The summed E-state index contributed by atoms with van der Waals surface area (Å²) in [5.74, 6) is -0.0921. The maximum absolute atomic E-state index is 14.0. The third-order valence-electron chi connectivity index (χ3n) is 4.12. The molecular formula is C17H27FN2. The van der Waals surface area contributed by atoms with Gasteiger partial charge in [-0.1, -0.05) is 44.4 Å². The molecule has 1 N–H and O–H groups in total. The van der Waals surface area contributed by atoms with Crippen LogP contribution in [0.25, 0.3) is 0 Å². The third-order valence-corrected chi connectivity index (χ3v) is 4.12. The van der Waals surface area contributed by atoms with E-state index in [4.69, 9.17) is 0 Å². The monoisotopic (exact) mass is 278 g/mol. The number of nitrogens with zero attached hydrogens (tertiary/aromatic N) is 1. The van der Waals surface area contributed by atoms with Crippen LogP contribution in [0.3, 0.4) is 0 Å². The van der Waals surface area contributed by atoms with Gasteiger partial charge in [0.05, 0.1) is 0 Å². The first-order valence-corrected chi connectivity index (χ1v) is 8.01. The predicted molar refractivity (Wildman–Crippen MR) is 82.3 cm³/mol. The average Bonchev–Trinajstić information content (AvgIpc) is 2.41. The number of halogens is 1. The molecule has 1 aliphatic rings. The van der Waals surface area contributed by atoms with Gasteiger partial charge in [-0.05, 0) is 38.5 Å². The van der Waals surface area contributed by atoms with Gasteiger partial charge in [0.15, 0.2) is 0 Å². The van der Waals surface area contributed by atoms with Crippen LogP contribution in [0.2, 0.25) is 0 Å². The molecule has 0 saturated carbocycles. The van der Waals surface area contributed by atoms with E-state index < -0.39 is 0 Å². The lowest BCUT2D eigenvalue weighted by Crippen LogP contribution is -2.37. The molecule has 20 heavy (non-hydrogen) atoms. The molecule has 3 heteroatoms. The zero-order valence-corrected chi connectivity index (χ0v) is 12.6. The zero-order valence-electron chi connectivity index (χ0n) is 12.6. The Kier molecular flexibility index (Phi) is 6.48. The van der Waals surface area contributed by atoms with Crippen LogP contribution in [-0.2, 0) is 0 Å². The van der Waals surface area contributed by atoms with Crippen LogP contribution in [0.5, 0.6) is 0 Å². The van der Waals surface area contributed by atoms with Crippen molar-refractivity contribution in [3.05, 3.63) is 35.6 Å². The molecule has 1 atom stereocenters. The van der Waals surface area contributed by atoms with Crippen molar-refractivity contribution in [3.63, 3.8) is 0 Å². The Labute approximate surface area is 122 Å². The Morgan fingerprint density at radius 1 is 1.10 bits per heavy atom. The molecule has 2 rings (SSSR count). The van der Waals surface area contributed by atoms with E-state index in [9.17, 15) is 4.39 Å². The number of likely N-dealkylation sites (N-methyl/N-ethyl adjacent to an activating group) is 1. The van der Waals surface area contributed by atoms with Crippen molar-refractivity contribution in [2.75, 3.05) is 26.2 Å². The Morgan fingerprint density at radius 2 is 1.75 bits per heavy atom. The Morgan fingerprint density at radius 3 is 2.40 bits per heavy atom. The number of benzene rings is 1. The minimum atomic E-state index is -0.0921. The van der Waals surface area contributed by atoms with Crippen LogP contribution >= 0.6 is 0 Å². The summed E-state index contributed by atoms with van der Waals surface area (Å²) in [6, 6.07) is 7.26. The van der Waals surface area contributed by atoms with Gasteiger partial charge in [-0.3, -0.25) is 0 Å². The lowest BCUT2D eigenvalue weighted by atomic mass is 10.0. The molecule has 1 fully saturated rings. The maximum atomic E-state index is 14.0. The molecule has 0 amide bonds. The normalized spacial score (nSPS) is 19.3. The van der Waals surface area contributed by atoms with Gasteiger partial charge in [0.2, 0.25) is 0 Å². The summed E-state index contributed by atoms with van der Waals surface area (Å²) in [6.45, 7) is 6.16. The highest BCUT2D eigenvalue weighted by Crippen LogP contribution is 2.20. The van der Waals surface area contributed by atoms with Crippen molar-refractivity contribution in [3.8, 4) is 0 Å². The molecule has 0 aromatic heterocycles. The largest absolute Gasteiger partial charge is 0.309 e. The van der Waals surface area contributed by atoms with Crippen LogP contribution < -0.4 is 5.32 Å². The van der Waals surface area contributed by atoms with E-state index in [0.717, 1.165) is 31.7 Å². The summed E-state index contributed by atoms with van der Waals surface area (Å²) in [4.78, 5) is 2.50. The highest BCUT2D eigenvalue weighted by molar-refractivity contribution is 5.21. The fraction of sp³-hybridized carbons (Fsp3) is 0.647. The minimum absolute atomic E-state index is 0.0921. The lowest BCUT2D eigenvalue weighted by Gasteiger charge is -2.29. The van der Waals surface area contributed by atoms with Gasteiger partial charge in [-0.2, -0.15) is 0 Å². The van der Waals surface area contributed by atoms with E-state index in [0.29, 0.717) is 0 Å². The molecule has 1 heterocycles. The molecular weight excluding hydrogens is 251 g/mol. The summed E-state index contributed by atoms with van der Waals surface area (Å²) < 4.78 is 14.0. The second-order valence-electron chi connectivity index (χ2n) is 5.70. The first kappa shape index (κ1) is 15.5. The topological polar surface area (TPSA) is 15.3 Å². The molecule has 2 nitrogen and oxygen atoms in total. The molecule has 0 spiro atoms. The number of nitrogens with one attached hydrogen (secondary N) is 1. The minimum Gasteiger partial charge on any atom is -0.309 e. The average molecular weight is 278 g/mol. The fourth-order valence-electron chi connectivity index (χ4n) is 3.03. The summed E-state index contributed by atoms with van der Waals surface area (Å²) in [7, 11) is 0. The van der Waals surface area contributed by atoms with Crippen molar-refractivity contribution < 1.29 is 4.39 Å². The van der Waals surface area contributed by atoms with Gasteiger partial charge in [-0.25, -0.2) is 4.39 Å². The van der Waals surface area contributed by atoms with Crippen LogP contribution in [-0.4, -0.2) is 31.1 Å². The number of rotatable bonds is 5. The summed E-state index contributed by atoms with van der Waals surface area (Å²) in [5.41, 5.74) is 0.802. The first-order valence-electron chi connectivity index (χ1n) is 8.01. The second-order valence-corrected chi connectivity index (χ2v) is 5.70. The van der Waals surface area contributed by atoms with E-state index in [1.807, 2.05) is 12.1 Å². The SMILES string of the molecule is CCNC(CN1CCCCCCC1)c1ccccc1F. The lowest BCUT2D eigenvalue weighted by molar-refractivity contribution is 0.221. The first-order chi connectivity index (χ1) is 9.81. The maximum Gasteiger partial charge on any atom is 0.128 e. The quantitative estimate of drug-likeness (QED) is 0.882. The second kappa shape index (κ2) is 8.38. The zero-order chi connectivity index (χ0) is 14.2. The van der Waals surface area contributed by atoms with Crippen LogP contribution in [0, 0.1) is 5.82 Å². The molecule has 1 unspecified atom stereocenters. The predicted octanol–water partition coefficient (Wildman–Crippen LogP) is 3.74. The molecule has 1 aromatic carbocycles. The van der Waals surface area contributed by atoms with Crippen molar-refractivity contribution in [1.82, 2.24) is 10.2 Å². The van der Waals surface area contributed by atoms with E-state index >= 15 is 0 Å². The summed E-state index contributed by atoms with van der Waals surface area (Å²) in [6.07, 6.45) is 6.59. The number of hydrogen-bond donors (Lipinski definition) is 1. The van der Waals surface area contributed by atoms with Gasteiger partial charge in [0.25, 0.3) is 0 Å².